The first kappa shape index (κ1) is 21.0. The van der Waals surface area contributed by atoms with Gasteiger partial charge in [0.25, 0.3) is 0 Å². The first-order valence-corrected chi connectivity index (χ1v) is 11.4. The molecule has 1 atom stereocenters. The third kappa shape index (κ3) is 4.32. The van der Waals surface area contributed by atoms with E-state index >= 15 is 0 Å². The fraction of sp³-hybridized carbons (Fsp3) is 0.174. The van der Waals surface area contributed by atoms with Gasteiger partial charge in [-0.3, -0.25) is 4.79 Å². The molecule has 4 aromatic rings. The van der Waals surface area contributed by atoms with Crippen molar-refractivity contribution in [1.82, 2.24) is 9.29 Å². The van der Waals surface area contributed by atoms with Crippen LogP contribution in [-0.2, 0) is 16.6 Å². The zero-order valence-corrected chi connectivity index (χ0v) is 17.5. The minimum Gasteiger partial charge on any atom is -0.391 e. The Hall–Kier alpha value is -3.20. The molecule has 160 valence electrons. The monoisotopic (exact) mass is 437 g/mol. The van der Waals surface area contributed by atoms with Crippen LogP contribution in [0.5, 0.6) is 0 Å². The quantitative estimate of drug-likeness (QED) is 0.393. The summed E-state index contributed by atoms with van der Waals surface area (Å²) >= 11 is 0. The topological polar surface area (TPSA) is 114 Å². The van der Waals surface area contributed by atoms with Gasteiger partial charge < -0.3 is 15.4 Å². The molecule has 0 spiro atoms. The summed E-state index contributed by atoms with van der Waals surface area (Å²) in [6.07, 6.45) is -0.519. The number of para-hydroxylation sites is 2. The first-order valence-electron chi connectivity index (χ1n) is 9.90. The summed E-state index contributed by atoms with van der Waals surface area (Å²) in [4.78, 5) is 11.3. The van der Waals surface area contributed by atoms with E-state index < -0.39 is 22.0 Å². The molecule has 8 heteroatoms. The molecule has 0 radical (unpaired) electrons. The summed E-state index contributed by atoms with van der Waals surface area (Å²) in [6.45, 7) is 0.397. The van der Waals surface area contributed by atoms with Gasteiger partial charge in [-0.05, 0) is 36.8 Å². The van der Waals surface area contributed by atoms with E-state index in [1.165, 1.54) is 24.3 Å². The molecule has 1 aromatic heterocycles. The van der Waals surface area contributed by atoms with Crippen molar-refractivity contribution in [2.45, 2.75) is 24.0 Å². The molecule has 3 aromatic carbocycles. The third-order valence-corrected chi connectivity index (χ3v) is 6.73. The SMILES string of the molecule is NC(=O)c1cccc(S(=O)(=O)NCCC(O)Cn2c3ccccc3c3ccccc32)c1. The number of fused-ring (bicyclic) bond motifs is 3. The van der Waals surface area contributed by atoms with Crippen LogP contribution in [0, 0.1) is 0 Å². The van der Waals surface area contributed by atoms with Gasteiger partial charge in [0.15, 0.2) is 0 Å². The highest BCUT2D eigenvalue weighted by molar-refractivity contribution is 7.89. The summed E-state index contributed by atoms with van der Waals surface area (Å²) in [5.74, 6) is -0.696. The Kier molecular flexibility index (Phi) is 5.77. The number of hydrogen-bond acceptors (Lipinski definition) is 4. The van der Waals surface area contributed by atoms with E-state index in [-0.39, 0.29) is 23.4 Å². The van der Waals surface area contributed by atoms with Crippen LogP contribution in [0.1, 0.15) is 16.8 Å². The van der Waals surface area contributed by atoms with Crippen molar-refractivity contribution in [3.05, 3.63) is 78.4 Å². The minimum atomic E-state index is -3.82. The van der Waals surface area contributed by atoms with Gasteiger partial charge in [0.05, 0.1) is 11.0 Å². The molecule has 1 amide bonds. The maximum absolute atomic E-state index is 12.5. The van der Waals surface area contributed by atoms with E-state index in [9.17, 15) is 18.3 Å². The Morgan fingerprint density at radius 2 is 1.58 bits per heavy atom. The van der Waals surface area contributed by atoms with Crippen molar-refractivity contribution in [3.8, 4) is 0 Å². The van der Waals surface area contributed by atoms with Gasteiger partial charge >= 0.3 is 0 Å². The minimum absolute atomic E-state index is 0.0410. The fourth-order valence-corrected chi connectivity index (χ4v) is 4.85. The number of aliphatic hydroxyl groups excluding tert-OH is 1. The Morgan fingerprint density at radius 3 is 2.19 bits per heavy atom. The van der Waals surface area contributed by atoms with Crippen LogP contribution in [0.25, 0.3) is 21.8 Å². The second kappa shape index (κ2) is 8.50. The van der Waals surface area contributed by atoms with Crippen LogP contribution >= 0.6 is 0 Å². The molecule has 7 nitrogen and oxygen atoms in total. The highest BCUT2D eigenvalue weighted by Crippen LogP contribution is 2.29. The molecule has 0 saturated carbocycles. The van der Waals surface area contributed by atoms with Crippen molar-refractivity contribution in [2.24, 2.45) is 5.73 Å². The lowest BCUT2D eigenvalue weighted by atomic mass is 10.2. The summed E-state index contributed by atoms with van der Waals surface area (Å²) in [5, 5.41) is 12.8. The van der Waals surface area contributed by atoms with E-state index in [4.69, 9.17) is 5.73 Å². The van der Waals surface area contributed by atoms with Crippen molar-refractivity contribution in [2.75, 3.05) is 6.54 Å². The summed E-state index contributed by atoms with van der Waals surface area (Å²) in [5.41, 5.74) is 7.38. The summed E-state index contributed by atoms with van der Waals surface area (Å²) in [6, 6.07) is 21.5. The molecule has 1 heterocycles. The molecule has 4 rings (SSSR count). The maximum Gasteiger partial charge on any atom is 0.248 e. The Morgan fingerprint density at radius 1 is 0.968 bits per heavy atom. The Labute approximate surface area is 180 Å². The van der Waals surface area contributed by atoms with Crippen molar-refractivity contribution >= 4 is 37.7 Å². The molecule has 0 aliphatic carbocycles. The lowest BCUT2D eigenvalue weighted by molar-refractivity contribution is 0.1000. The predicted molar refractivity (Wildman–Crippen MR) is 120 cm³/mol. The number of carbonyl (C=O) groups excluding carboxylic acids is 1. The molecule has 31 heavy (non-hydrogen) atoms. The molecular formula is C23H23N3O4S. The number of hydrogen-bond donors (Lipinski definition) is 3. The van der Waals surface area contributed by atoms with Gasteiger partial charge in [-0.2, -0.15) is 0 Å². The van der Waals surface area contributed by atoms with Gasteiger partial charge in [-0.25, -0.2) is 13.1 Å². The van der Waals surface area contributed by atoms with Crippen LogP contribution in [0.4, 0.5) is 0 Å². The molecule has 1 unspecified atom stereocenters. The van der Waals surface area contributed by atoms with Crippen LogP contribution < -0.4 is 10.5 Å². The lowest BCUT2D eigenvalue weighted by Gasteiger charge is -2.15. The van der Waals surface area contributed by atoms with Gasteiger partial charge in [0.1, 0.15) is 0 Å². The number of amides is 1. The van der Waals surface area contributed by atoms with E-state index in [1.54, 1.807) is 0 Å². The highest BCUT2D eigenvalue weighted by Gasteiger charge is 2.17. The highest BCUT2D eigenvalue weighted by atomic mass is 32.2. The van der Waals surface area contributed by atoms with E-state index in [0.29, 0.717) is 6.54 Å². The lowest BCUT2D eigenvalue weighted by Crippen LogP contribution is -2.29. The summed E-state index contributed by atoms with van der Waals surface area (Å²) < 4.78 is 29.5. The largest absolute Gasteiger partial charge is 0.391 e. The maximum atomic E-state index is 12.5. The van der Waals surface area contributed by atoms with E-state index in [1.807, 2.05) is 36.4 Å². The Balaban J connectivity index is 1.46. The van der Waals surface area contributed by atoms with Crippen LogP contribution in [0.15, 0.2) is 77.7 Å². The number of rotatable bonds is 8. The van der Waals surface area contributed by atoms with E-state index in [2.05, 4.69) is 21.4 Å². The second-order valence-electron chi connectivity index (χ2n) is 7.38. The van der Waals surface area contributed by atoms with E-state index in [0.717, 1.165) is 21.8 Å². The van der Waals surface area contributed by atoms with Gasteiger partial charge in [0, 0.05) is 40.5 Å². The Bertz CT molecular complexity index is 1310. The third-order valence-electron chi connectivity index (χ3n) is 5.27. The number of nitrogens with zero attached hydrogens (tertiary/aromatic N) is 1. The molecule has 4 N–H and O–H groups in total. The summed E-state index contributed by atoms with van der Waals surface area (Å²) in [7, 11) is -3.82. The number of sulfonamides is 1. The predicted octanol–water partition coefficient (Wildman–Crippen LogP) is 2.62. The fourth-order valence-electron chi connectivity index (χ4n) is 3.76. The molecular weight excluding hydrogens is 414 g/mol. The van der Waals surface area contributed by atoms with Crippen molar-refractivity contribution in [1.29, 1.82) is 0 Å². The normalized spacial score (nSPS) is 12.9. The number of carbonyl (C=O) groups is 1. The van der Waals surface area contributed by atoms with Gasteiger partial charge in [-0.15, -0.1) is 0 Å². The molecule has 0 bridgehead atoms. The zero-order chi connectivity index (χ0) is 22.0. The second-order valence-corrected chi connectivity index (χ2v) is 9.14. The smallest absolute Gasteiger partial charge is 0.248 e. The number of benzene rings is 3. The van der Waals surface area contributed by atoms with Crippen LogP contribution in [0.3, 0.4) is 0 Å². The van der Waals surface area contributed by atoms with Crippen molar-refractivity contribution in [3.63, 3.8) is 0 Å². The van der Waals surface area contributed by atoms with Gasteiger partial charge in [0.2, 0.25) is 15.9 Å². The average molecular weight is 438 g/mol. The molecule has 0 aliphatic heterocycles. The molecule has 0 saturated heterocycles. The number of nitrogens with one attached hydrogen (secondary N) is 1. The average Bonchev–Trinajstić information content (AvgIpc) is 3.08. The number of aromatic nitrogens is 1. The number of primary amides is 1. The van der Waals surface area contributed by atoms with Crippen molar-refractivity contribution < 1.29 is 18.3 Å². The van der Waals surface area contributed by atoms with Crippen LogP contribution in [0.2, 0.25) is 0 Å². The number of aliphatic hydroxyl groups is 1. The zero-order valence-electron chi connectivity index (χ0n) is 16.7. The number of nitrogens with two attached hydrogens (primary N) is 1. The first-order chi connectivity index (χ1) is 14.9. The van der Waals surface area contributed by atoms with Crippen LogP contribution in [-0.4, -0.2) is 36.6 Å². The molecule has 0 aliphatic rings. The molecule has 0 fully saturated rings. The van der Waals surface area contributed by atoms with Gasteiger partial charge in [-0.1, -0.05) is 42.5 Å². The standard InChI is InChI=1S/C23H23N3O4S/c24-23(28)16-6-5-7-18(14-16)31(29,30)25-13-12-17(27)15-26-21-10-3-1-8-19(21)20-9-2-4-11-22(20)26/h1-11,14,17,25,27H,12-13,15H2,(H2,24,28).